The number of amides is 1. The number of carbonyl (C=O) groups excluding carboxylic acids is 2. The molecule has 73 heavy (non-hydrogen) atoms. The smallest absolute Gasteiger partial charge is 0.305 e. The van der Waals surface area contributed by atoms with E-state index in [-0.39, 0.29) is 18.5 Å². The van der Waals surface area contributed by atoms with Gasteiger partial charge in [0, 0.05) is 12.8 Å². The Morgan fingerprint density at radius 2 is 0.562 bits per heavy atom. The van der Waals surface area contributed by atoms with Crippen molar-refractivity contribution >= 4 is 11.9 Å². The standard InChI is InChI=1S/C67H133NO5/c1-3-5-7-9-11-13-15-16-33-36-40-43-47-51-55-59-65(70)64(63-69)68-66(71)60-56-52-48-44-41-37-34-31-29-27-25-23-21-19-17-18-20-22-24-26-28-30-32-35-38-42-46-50-54-58-62-73-67(72)61-57-53-49-45-39-14-12-10-8-6-4-2/h64-65,69-70H,3-63H2,1-2H3,(H,68,71). The maximum absolute atomic E-state index is 12.5. The van der Waals surface area contributed by atoms with E-state index >= 15 is 0 Å². The first kappa shape index (κ1) is 71.9. The van der Waals surface area contributed by atoms with Crippen molar-refractivity contribution < 1.29 is 24.5 Å². The van der Waals surface area contributed by atoms with E-state index in [0.717, 1.165) is 38.5 Å². The van der Waals surface area contributed by atoms with E-state index in [9.17, 15) is 19.8 Å². The Kier molecular flexibility index (Phi) is 62.4. The van der Waals surface area contributed by atoms with E-state index < -0.39 is 12.1 Å². The molecule has 2 unspecified atom stereocenters. The molecule has 2 atom stereocenters. The van der Waals surface area contributed by atoms with Gasteiger partial charge >= 0.3 is 5.97 Å². The summed E-state index contributed by atoms with van der Waals surface area (Å²) in [5, 5.41) is 23.3. The Morgan fingerprint density at radius 3 is 0.836 bits per heavy atom. The third-order valence-electron chi connectivity index (χ3n) is 16.2. The molecule has 3 N–H and O–H groups in total. The lowest BCUT2D eigenvalue weighted by atomic mass is 10.0. The first-order valence-corrected chi connectivity index (χ1v) is 33.8. The van der Waals surface area contributed by atoms with Gasteiger partial charge in [-0.1, -0.05) is 354 Å². The number of unbranched alkanes of at least 4 members (excludes halogenated alkanes) is 53. The minimum absolute atomic E-state index is 0.0207. The molecule has 0 radical (unpaired) electrons. The van der Waals surface area contributed by atoms with Crippen LogP contribution in [0.25, 0.3) is 0 Å². The zero-order valence-corrected chi connectivity index (χ0v) is 49.9. The first-order valence-electron chi connectivity index (χ1n) is 33.8. The highest BCUT2D eigenvalue weighted by atomic mass is 16.5. The van der Waals surface area contributed by atoms with Gasteiger partial charge in [-0.2, -0.15) is 0 Å². The predicted octanol–water partition coefficient (Wildman–Crippen LogP) is 21.4. The highest BCUT2D eigenvalue weighted by molar-refractivity contribution is 5.76. The number of esters is 1. The molecule has 6 nitrogen and oxygen atoms in total. The van der Waals surface area contributed by atoms with Crippen molar-refractivity contribution in [2.24, 2.45) is 0 Å². The summed E-state index contributed by atoms with van der Waals surface area (Å²) in [6.45, 7) is 4.99. The molecule has 1 amide bonds. The minimum atomic E-state index is -0.660. The molecule has 0 rings (SSSR count). The van der Waals surface area contributed by atoms with Crippen LogP contribution in [-0.2, 0) is 14.3 Å². The molecule has 6 heteroatoms. The van der Waals surface area contributed by atoms with Crippen LogP contribution in [0.3, 0.4) is 0 Å². The second kappa shape index (κ2) is 63.4. The van der Waals surface area contributed by atoms with Gasteiger partial charge in [0.25, 0.3) is 0 Å². The summed E-state index contributed by atoms with van der Waals surface area (Å²) >= 11 is 0. The number of aliphatic hydroxyl groups is 2. The van der Waals surface area contributed by atoms with Crippen molar-refractivity contribution in [1.82, 2.24) is 5.32 Å². The summed E-state index contributed by atoms with van der Waals surface area (Å²) in [6.07, 6.45) is 75.8. The highest BCUT2D eigenvalue weighted by Crippen LogP contribution is 2.19. The van der Waals surface area contributed by atoms with E-state index in [2.05, 4.69) is 19.2 Å². The van der Waals surface area contributed by atoms with Crippen molar-refractivity contribution in [2.45, 2.75) is 405 Å². The zero-order chi connectivity index (χ0) is 52.9. The molecular weight excluding hydrogens is 899 g/mol. The molecule has 0 saturated heterocycles. The molecule has 0 heterocycles. The van der Waals surface area contributed by atoms with Gasteiger partial charge in [0.15, 0.2) is 0 Å². The van der Waals surface area contributed by atoms with Crippen molar-refractivity contribution in [2.75, 3.05) is 13.2 Å². The number of hydrogen-bond acceptors (Lipinski definition) is 5. The van der Waals surface area contributed by atoms with Crippen LogP contribution < -0.4 is 5.32 Å². The molecule has 0 aliphatic heterocycles. The topological polar surface area (TPSA) is 95.9 Å². The summed E-state index contributed by atoms with van der Waals surface area (Å²) in [4.78, 5) is 24.5. The highest BCUT2D eigenvalue weighted by Gasteiger charge is 2.20. The largest absolute Gasteiger partial charge is 0.466 e. The molecule has 0 aromatic heterocycles. The molecule has 436 valence electrons. The van der Waals surface area contributed by atoms with Crippen LogP contribution in [0, 0.1) is 0 Å². The van der Waals surface area contributed by atoms with Crippen LogP contribution in [0.2, 0.25) is 0 Å². The Hall–Kier alpha value is -1.14. The van der Waals surface area contributed by atoms with Crippen LogP contribution in [0.15, 0.2) is 0 Å². The molecular formula is C67H133NO5. The van der Waals surface area contributed by atoms with Gasteiger partial charge in [-0.05, 0) is 25.7 Å². The second-order valence-electron chi connectivity index (χ2n) is 23.5. The quantitative estimate of drug-likeness (QED) is 0.0417. The number of nitrogens with one attached hydrogen (secondary N) is 1. The summed E-state index contributed by atoms with van der Waals surface area (Å²) in [5.74, 6) is -0.00679. The molecule has 0 aliphatic rings. The van der Waals surface area contributed by atoms with Gasteiger partial charge in [-0.25, -0.2) is 0 Å². The van der Waals surface area contributed by atoms with E-state index in [1.54, 1.807) is 0 Å². The number of rotatable bonds is 64. The fraction of sp³-hybridized carbons (Fsp3) is 0.970. The van der Waals surface area contributed by atoms with Crippen LogP contribution in [0.5, 0.6) is 0 Å². The van der Waals surface area contributed by atoms with E-state index in [1.807, 2.05) is 0 Å². The fourth-order valence-electron chi connectivity index (χ4n) is 11.0. The Balaban J connectivity index is 3.32. The second-order valence-corrected chi connectivity index (χ2v) is 23.5. The normalized spacial score (nSPS) is 12.4. The molecule has 0 aromatic rings. The van der Waals surface area contributed by atoms with Crippen LogP contribution in [0.1, 0.15) is 393 Å². The van der Waals surface area contributed by atoms with Crippen LogP contribution in [0.4, 0.5) is 0 Å². The van der Waals surface area contributed by atoms with Crippen molar-refractivity contribution in [3.63, 3.8) is 0 Å². The first-order chi connectivity index (χ1) is 36.0. The van der Waals surface area contributed by atoms with Crippen molar-refractivity contribution in [3.05, 3.63) is 0 Å². The zero-order valence-electron chi connectivity index (χ0n) is 49.9. The van der Waals surface area contributed by atoms with E-state index in [4.69, 9.17) is 4.74 Å². The lowest BCUT2D eigenvalue weighted by Gasteiger charge is -2.22. The molecule has 0 bridgehead atoms. The number of carbonyl (C=O) groups is 2. The number of hydrogen-bond donors (Lipinski definition) is 3. The lowest BCUT2D eigenvalue weighted by molar-refractivity contribution is -0.143. The summed E-state index contributed by atoms with van der Waals surface area (Å²) < 4.78 is 5.48. The molecule has 0 aromatic carbocycles. The number of aliphatic hydroxyl groups excluding tert-OH is 2. The van der Waals surface area contributed by atoms with E-state index in [1.165, 1.54) is 321 Å². The third kappa shape index (κ3) is 60.0. The Morgan fingerprint density at radius 1 is 0.329 bits per heavy atom. The Labute approximate surface area is 457 Å². The maximum atomic E-state index is 12.5. The minimum Gasteiger partial charge on any atom is -0.466 e. The van der Waals surface area contributed by atoms with Gasteiger partial charge < -0.3 is 20.3 Å². The lowest BCUT2D eigenvalue weighted by Crippen LogP contribution is -2.45. The summed E-state index contributed by atoms with van der Waals surface area (Å²) in [7, 11) is 0. The summed E-state index contributed by atoms with van der Waals surface area (Å²) in [5.41, 5.74) is 0. The van der Waals surface area contributed by atoms with Gasteiger partial charge in [-0.15, -0.1) is 0 Å². The molecule has 0 fully saturated rings. The van der Waals surface area contributed by atoms with Gasteiger partial charge in [0.2, 0.25) is 5.91 Å². The van der Waals surface area contributed by atoms with Gasteiger partial charge in [0.1, 0.15) is 0 Å². The van der Waals surface area contributed by atoms with Crippen LogP contribution in [-0.4, -0.2) is 47.4 Å². The van der Waals surface area contributed by atoms with Crippen molar-refractivity contribution in [3.8, 4) is 0 Å². The molecule has 0 saturated carbocycles. The van der Waals surface area contributed by atoms with Gasteiger partial charge in [0.05, 0.1) is 25.4 Å². The average Bonchev–Trinajstić information content (AvgIpc) is 3.39. The third-order valence-corrected chi connectivity index (χ3v) is 16.2. The Bertz CT molecular complexity index is 1050. The number of ether oxygens (including phenoxy) is 1. The maximum Gasteiger partial charge on any atom is 0.305 e. The summed E-state index contributed by atoms with van der Waals surface area (Å²) in [6, 6.07) is -0.537. The molecule has 0 aliphatic carbocycles. The van der Waals surface area contributed by atoms with Crippen LogP contribution >= 0.6 is 0 Å². The predicted molar refractivity (Wildman–Crippen MR) is 320 cm³/mol. The van der Waals surface area contributed by atoms with Gasteiger partial charge in [-0.3, -0.25) is 9.59 Å². The molecule has 0 spiro atoms. The fourth-order valence-corrected chi connectivity index (χ4v) is 11.0. The average molecular weight is 1030 g/mol. The van der Waals surface area contributed by atoms with Crippen molar-refractivity contribution in [1.29, 1.82) is 0 Å². The monoisotopic (exact) mass is 1030 g/mol. The van der Waals surface area contributed by atoms with E-state index in [0.29, 0.717) is 25.9 Å². The SMILES string of the molecule is CCCCCCCCCCCCCCCCCC(O)C(CO)NC(=O)CCCCCCCCCCCCCCCCCCCCCCCCCCCCCCCCOC(=O)CCCCCCCCCCCCC.